The summed E-state index contributed by atoms with van der Waals surface area (Å²) in [5, 5.41) is 10.0. The number of halogens is 1. The Morgan fingerprint density at radius 2 is 1.02 bits per heavy atom. The lowest BCUT2D eigenvalue weighted by Gasteiger charge is -2.20. The Bertz CT molecular complexity index is 2700. The molecule has 0 N–H and O–H groups in total. The van der Waals surface area contributed by atoms with Gasteiger partial charge in [-0.05, 0) is 81.2 Å². The standard InChI is InChI=1S/C45H29FNOP/c46-34-24-21-30(22-25-34)45-42-29-41(38-15-7-8-16-39(38)44(42)40-17-9-10-18-43(40)47-45)33-20-19-32-28-37(26-23-31(32)27-33)49(48,35-11-3-1-4-12-35)36-13-5-2-6-14-36/h1-29H. The number of benzene rings is 8. The van der Waals surface area contributed by atoms with Crippen molar-refractivity contribution in [3.63, 3.8) is 0 Å². The number of nitrogens with zero attached hydrogens (tertiary/aromatic N) is 1. The molecule has 0 saturated heterocycles. The summed E-state index contributed by atoms with van der Waals surface area (Å²) >= 11 is 0. The maximum atomic E-state index is 15.1. The Balaban J connectivity index is 1.26. The summed E-state index contributed by atoms with van der Waals surface area (Å²) in [6.45, 7) is 0. The Kier molecular flexibility index (Phi) is 6.97. The zero-order valence-electron chi connectivity index (χ0n) is 26.4. The second-order valence-electron chi connectivity index (χ2n) is 12.4. The third kappa shape index (κ3) is 4.86. The third-order valence-corrected chi connectivity index (χ3v) is 12.6. The van der Waals surface area contributed by atoms with E-state index in [1.165, 1.54) is 12.1 Å². The van der Waals surface area contributed by atoms with E-state index in [4.69, 9.17) is 4.98 Å². The third-order valence-electron chi connectivity index (χ3n) is 9.56. The van der Waals surface area contributed by atoms with Crippen molar-refractivity contribution in [1.82, 2.24) is 4.98 Å². The van der Waals surface area contributed by atoms with E-state index < -0.39 is 7.14 Å². The topological polar surface area (TPSA) is 30.0 Å². The van der Waals surface area contributed by atoms with Crippen LogP contribution in [0.3, 0.4) is 0 Å². The summed E-state index contributed by atoms with van der Waals surface area (Å²) in [5.41, 5.74) is 4.76. The molecule has 0 unspecified atom stereocenters. The van der Waals surface area contributed by atoms with Crippen LogP contribution in [0.4, 0.5) is 4.39 Å². The highest BCUT2D eigenvalue weighted by molar-refractivity contribution is 7.85. The highest BCUT2D eigenvalue weighted by Crippen LogP contribution is 2.44. The van der Waals surface area contributed by atoms with E-state index in [1.807, 2.05) is 78.9 Å². The predicted molar refractivity (Wildman–Crippen MR) is 204 cm³/mol. The molecule has 2 nitrogen and oxygen atoms in total. The van der Waals surface area contributed by atoms with Gasteiger partial charge in [-0.25, -0.2) is 9.37 Å². The van der Waals surface area contributed by atoms with Crippen molar-refractivity contribution in [1.29, 1.82) is 0 Å². The Hall–Kier alpha value is -5.89. The molecule has 0 bridgehead atoms. The summed E-state index contributed by atoms with van der Waals surface area (Å²) in [5.74, 6) is -0.275. The van der Waals surface area contributed by atoms with Gasteiger partial charge in [-0.1, -0.05) is 127 Å². The number of hydrogen-bond donors (Lipinski definition) is 0. The number of hydrogen-bond acceptors (Lipinski definition) is 2. The van der Waals surface area contributed by atoms with Crippen molar-refractivity contribution >= 4 is 66.3 Å². The molecule has 232 valence electrons. The van der Waals surface area contributed by atoms with Gasteiger partial charge in [0, 0.05) is 37.6 Å². The van der Waals surface area contributed by atoms with Crippen LogP contribution < -0.4 is 15.9 Å². The maximum absolute atomic E-state index is 15.1. The van der Waals surface area contributed by atoms with Crippen LogP contribution in [0.1, 0.15) is 0 Å². The molecule has 0 fully saturated rings. The minimum atomic E-state index is -3.10. The molecule has 0 amide bonds. The first-order valence-electron chi connectivity index (χ1n) is 16.3. The van der Waals surface area contributed by atoms with Crippen LogP contribution in [0.2, 0.25) is 0 Å². The van der Waals surface area contributed by atoms with E-state index in [9.17, 15) is 4.39 Å². The Morgan fingerprint density at radius 1 is 0.449 bits per heavy atom. The van der Waals surface area contributed by atoms with Gasteiger partial charge in [0.25, 0.3) is 0 Å². The van der Waals surface area contributed by atoms with Gasteiger partial charge in [-0.15, -0.1) is 0 Å². The number of aromatic nitrogens is 1. The van der Waals surface area contributed by atoms with E-state index in [0.717, 1.165) is 81.5 Å². The van der Waals surface area contributed by atoms with Crippen molar-refractivity contribution in [2.75, 3.05) is 0 Å². The molecule has 0 atom stereocenters. The van der Waals surface area contributed by atoms with E-state index >= 15 is 4.57 Å². The van der Waals surface area contributed by atoms with Crippen molar-refractivity contribution < 1.29 is 8.96 Å². The molecule has 49 heavy (non-hydrogen) atoms. The van der Waals surface area contributed by atoms with E-state index in [2.05, 4.69) is 72.8 Å². The van der Waals surface area contributed by atoms with Crippen LogP contribution in [-0.2, 0) is 4.57 Å². The summed E-state index contributed by atoms with van der Waals surface area (Å²) < 4.78 is 29.1. The van der Waals surface area contributed by atoms with Gasteiger partial charge in [0.05, 0.1) is 11.2 Å². The van der Waals surface area contributed by atoms with Crippen molar-refractivity contribution in [3.05, 3.63) is 182 Å². The lowest BCUT2D eigenvalue weighted by Crippen LogP contribution is -2.24. The molecule has 0 aliphatic heterocycles. The molecule has 9 rings (SSSR count). The van der Waals surface area contributed by atoms with Gasteiger partial charge >= 0.3 is 0 Å². The van der Waals surface area contributed by atoms with Crippen LogP contribution in [0.15, 0.2) is 176 Å². The number of para-hydroxylation sites is 1. The summed E-state index contributed by atoms with van der Waals surface area (Å²) in [6, 6.07) is 57.8. The minimum Gasteiger partial charge on any atom is -0.309 e. The maximum Gasteiger partial charge on any atom is 0.171 e. The van der Waals surface area contributed by atoms with Gasteiger partial charge in [0.1, 0.15) is 5.82 Å². The lowest BCUT2D eigenvalue weighted by atomic mass is 9.89. The van der Waals surface area contributed by atoms with E-state index in [1.54, 1.807) is 12.1 Å². The molecule has 0 spiro atoms. The van der Waals surface area contributed by atoms with E-state index in [-0.39, 0.29) is 5.82 Å². The monoisotopic (exact) mass is 649 g/mol. The fraction of sp³-hybridized carbons (Fsp3) is 0. The zero-order chi connectivity index (χ0) is 33.0. The van der Waals surface area contributed by atoms with Gasteiger partial charge in [0.15, 0.2) is 7.14 Å². The largest absolute Gasteiger partial charge is 0.309 e. The molecule has 0 saturated carbocycles. The fourth-order valence-corrected chi connectivity index (χ4v) is 9.89. The second-order valence-corrected chi connectivity index (χ2v) is 15.2. The molecule has 9 aromatic rings. The predicted octanol–water partition coefficient (Wildman–Crippen LogP) is 10.8. The van der Waals surface area contributed by atoms with Gasteiger partial charge < -0.3 is 4.57 Å². The summed E-state index contributed by atoms with van der Waals surface area (Å²) in [4.78, 5) is 5.13. The quantitative estimate of drug-likeness (QED) is 0.137. The minimum absolute atomic E-state index is 0.275. The van der Waals surface area contributed by atoms with Crippen LogP contribution in [0.25, 0.3) is 65.6 Å². The zero-order valence-corrected chi connectivity index (χ0v) is 27.3. The first kappa shape index (κ1) is 29.3. The molecule has 4 heteroatoms. The van der Waals surface area contributed by atoms with Crippen LogP contribution in [0.5, 0.6) is 0 Å². The SMILES string of the molecule is O=P(c1ccccc1)(c1ccccc1)c1ccc2cc(-c3cc4c(-c5ccc(F)cc5)nc5ccccc5c4c4ccccc34)ccc2c1. The van der Waals surface area contributed by atoms with E-state index in [0.29, 0.717) is 0 Å². The Morgan fingerprint density at radius 3 is 1.73 bits per heavy atom. The van der Waals surface area contributed by atoms with Gasteiger partial charge in [0.2, 0.25) is 0 Å². The molecule has 0 radical (unpaired) electrons. The molecular formula is C45H29FNOP. The molecule has 0 aliphatic carbocycles. The van der Waals surface area contributed by atoms with Crippen LogP contribution in [-0.4, -0.2) is 4.98 Å². The molecule has 1 aromatic heterocycles. The highest BCUT2D eigenvalue weighted by Gasteiger charge is 2.29. The highest BCUT2D eigenvalue weighted by atomic mass is 31.2. The van der Waals surface area contributed by atoms with Crippen LogP contribution >= 0.6 is 7.14 Å². The van der Waals surface area contributed by atoms with Crippen molar-refractivity contribution in [3.8, 4) is 22.4 Å². The number of rotatable bonds is 5. The average Bonchev–Trinajstić information content (AvgIpc) is 3.17. The summed E-state index contributed by atoms with van der Waals surface area (Å²) in [6.07, 6.45) is 0. The first-order valence-corrected chi connectivity index (χ1v) is 18.0. The second kappa shape index (κ2) is 11.7. The Labute approximate surface area is 283 Å². The van der Waals surface area contributed by atoms with Gasteiger partial charge in [-0.2, -0.15) is 0 Å². The van der Waals surface area contributed by atoms with Crippen molar-refractivity contribution in [2.45, 2.75) is 0 Å². The lowest BCUT2D eigenvalue weighted by molar-refractivity contribution is 0.592. The summed E-state index contributed by atoms with van der Waals surface area (Å²) in [7, 11) is -3.10. The van der Waals surface area contributed by atoms with Crippen molar-refractivity contribution in [2.24, 2.45) is 0 Å². The van der Waals surface area contributed by atoms with Crippen LogP contribution in [0, 0.1) is 5.82 Å². The average molecular weight is 650 g/mol. The number of pyridine rings is 1. The molecule has 1 heterocycles. The normalized spacial score (nSPS) is 11.9. The fourth-order valence-electron chi connectivity index (χ4n) is 7.20. The molecule has 8 aromatic carbocycles. The van der Waals surface area contributed by atoms with Gasteiger partial charge in [-0.3, -0.25) is 0 Å². The smallest absolute Gasteiger partial charge is 0.171 e. The number of fused-ring (bicyclic) bond motifs is 6. The molecule has 0 aliphatic rings. The first-order chi connectivity index (χ1) is 24.1. The molecular weight excluding hydrogens is 620 g/mol.